The largest absolute Gasteiger partial charge is 0.382 e. The molecule has 0 radical (unpaired) electrons. The molecule has 0 spiro atoms. The SMILES string of the molecule is CCOCCCNC(=O)C(C#N)=Cc1cccc(F)c1. The minimum atomic E-state index is -0.465. The number of ether oxygens (including phenoxy) is 1. The van der Waals surface area contributed by atoms with Crippen molar-refractivity contribution in [2.75, 3.05) is 19.8 Å². The number of hydrogen-bond acceptors (Lipinski definition) is 3. The van der Waals surface area contributed by atoms with Crippen LogP contribution in [-0.2, 0) is 9.53 Å². The Balaban J connectivity index is 2.57. The third-order valence-electron chi connectivity index (χ3n) is 2.48. The first-order valence-corrected chi connectivity index (χ1v) is 6.40. The van der Waals surface area contributed by atoms with Crippen LogP contribution in [0.5, 0.6) is 0 Å². The molecule has 20 heavy (non-hydrogen) atoms. The molecule has 0 aromatic heterocycles. The van der Waals surface area contributed by atoms with E-state index in [1.165, 1.54) is 24.3 Å². The molecule has 1 aromatic rings. The number of hydrogen-bond donors (Lipinski definition) is 1. The van der Waals surface area contributed by atoms with E-state index in [0.717, 1.165) is 0 Å². The van der Waals surface area contributed by atoms with Gasteiger partial charge in [0.05, 0.1) is 0 Å². The first-order valence-electron chi connectivity index (χ1n) is 6.40. The smallest absolute Gasteiger partial charge is 0.261 e. The topological polar surface area (TPSA) is 62.1 Å². The summed E-state index contributed by atoms with van der Waals surface area (Å²) < 4.78 is 18.2. The maximum absolute atomic E-state index is 13.0. The Hall–Kier alpha value is -2.19. The van der Waals surface area contributed by atoms with Crippen LogP contribution in [0, 0.1) is 17.1 Å². The molecule has 1 rings (SSSR count). The normalized spacial score (nSPS) is 10.9. The van der Waals surface area contributed by atoms with Crippen LogP contribution < -0.4 is 5.32 Å². The van der Waals surface area contributed by atoms with Gasteiger partial charge in [-0.05, 0) is 37.1 Å². The average Bonchev–Trinajstić information content (AvgIpc) is 2.44. The molecule has 0 unspecified atom stereocenters. The molecule has 0 heterocycles. The number of rotatable bonds is 7. The van der Waals surface area contributed by atoms with Gasteiger partial charge in [0.25, 0.3) is 5.91 Å². The van der Waals surface area contributed by atoms with Crippen molar-refractivity contribution >= 4 is 12.0 Å². The van der Waals surface area contributed by atoms with E-state index in [-0.39, 0.29) is 5.57 Å². The minimum Gasteiger partial charge on any atom is -0.382 e. The summed E-state index contributed by atoms with van der Waals surface area (Å²) >= 11 is 0. The molecule has 0 fully saturated rings. The fourth-order valence-corrected chi connectivity index (χ4v) is 1.53. The van der Waals surface area contributed by atoms with Crippen molar-refractivity contribution < 1.29 is 13.9 Å². The van der Waals surface area contributed by atoms with E-state index in [1.54, 1.807) is 6.07 Å². The number of nitriles is 1. The summed E-state index contributed by atoms with van der Waals surface area (Å²) in [5, 5.41) is 11.6. The molecule has 0 aliphatic rings. The van der Waals surface area contributed by atoms with Crippen LogP contribution in [-0.4, -0.2) is 25.7 Å². The summed E-state index contributed by atoms with van der Waals surface area (Å²) in [6, 6.07) is 7.54. The molecule has 1 N–H and O–H groups in total. The van der Waals surface area contributed by atoms with E-state index in [9.17, 15) is 9.18 Å². The number of amides is 1. The Kier molecular flexibility index (Phi) is 7.01. The number of halogens is 1. The quantitative estimate of drug-likeness (QED) is 0.472. The van der Waals surface area contributed by atoms with Gasteiger partial charge in [-0.15, -0.1) is 0 Å². The minimum absolute atomic E-state index is 0.0491. The fraction of sp³-hybridized carbons (Fsp3) is 0.333. The van der Waals surface area contributed by atoms with Crippen molar-refractivity contribution in [1.29, 1.82) is 5.26 Å². The summed E-state index contributed by atoms with van der Waals surface area (Å²) in [6.07, 6.45) is 2.04. The lowest BCUT2D eigenvalue weighted by molar-refractivity contribution is -0.117. The van der Waals surface area contributed by atoms with Crippen LogP contribution in [0.2, 0.25) is 0 Å². The number of nitrogens with one attached hydrogen (secondary N) is 1. The fourth-order valence-electron chi connectivity index (χ4n) is 1.53. The van der Waals surface area contributed by atoms with E-state index in [2.05, 4.69) is 5.32 Å². The third kappa shape index (κ3) is 5.63. The van der Waals surface area contributed by atoms with Gasteiger partial charge in [0, 0.05) is 19.8 Å². The van der Waals surface area contributed by atoms with Gasteiger partial charge in [0.15, 0.2) is 0 Å². The van der Waals surface area contributed by atoms with Gasteiger partial charge in [0.2, 0.25) is 0 Å². The van der Waals surface area contributed by atoms with Gasteiger partial charge in [0.1, 0.15) is 17.5 Å². The van der Waals surface area contributed by atoms with Gasteiger partial charge in [-0.2, -0.15) is 5.26 Å². The van der Waals surface area contributed by atoms with Crippen LogP contribution >= 0.6 is 0 Å². The standard InChI is InChI=1S/C15H17FN2O2/c1-2-20-8-4-7-18-15(19)13(11-17)9-12-5-3-6-14(16)10-12/h3,5-6,9-10H,2,4,7-8H2,1H3,(H,18,19). The molecule has 0 aliphatic heterocycles. The molecule has 1 amide bonds. The highest BCUT2D eigenvalue weighted by Crippen LogP contribution is 2.08. The molecule has 5 heteroatoms. The van der Waals surface area contributed by atoms with Crippen molar-refractivity contribution in [2.45, 2.75) is 13.3 Å². The van der Waals surface area contributed by atoms with Crippen LogP contribution in [0.3, 0.4) is 0 Å². The van der Waals surface area contributed by atoms with Crippen LogP contribution in [0.1, 0.15) is 18.9 Å². The molecular weight excluding hydrogens is 259 g/mol. The Labute approximate surface area is 117 Å². The van der Waals surface area contributed by atoms with E-state index >= 15 is 0 Å². The van der Waals surface area contributed by atoms with Gasteiger partial charge < -0.3 is 10.1 Å². The van der Waals surface area contributed by atoms with Crippen molar-refractivity contribution in [3.05, 3.63) is 41.2 Å². The first-order chi connectivity index (χ1) is 9.67. The van der Waals surface area contributed by atoms with Crippen molar-refractivity contribution in [3.63, 3.8) is 0 Å². The zero-order chi connectivity index (χ0) is 14.8. The summed E-state index contributed by atoms with van der Waals surface area (Å²) in [5.41, 5.74) is 0.429. The Morgan fingerprint density at radius 1 is 1.55 bits per heavy atom. The third-order valence-corrected chi connectivity index (χ3v) is 2.48. The number of carbonyl (C=O) groups is 1. The Bertz CT molecular complexity index is 521. The van der Waals surface area contributed by atoms with E-state index in [0.29, 0.717) is 31.7 Å². The predicted octanol–water partition coefficient (Wildman–Crippen LogP) is 2.28. The Morgan fingerprint density at radius 3 is 3.00 bits per heavy atom. The average molecular weight is 276 g/mol. The highest BCUT2D eigenvalue weighted by atomic mass is 19.1. The summed E-state index contributed by atoms with van der Waals surface area (Å²) in [7, 11) is 0. The van der Waals surface area contributed by atoms with Crippen molar-refractivity contribution in [2.24, 2.45) is 0 Å². The van der Waals surface area contributed by atoms with Crippen molar-refractivity contribution in [1.82, 2.24) is 5.32 Å². The van der Waals surface area contributed by atoms with Crippen LogP contribution in [0.15, 0.2) is 29.8 Å². The maximum Gasteiger partial charge on any atom is 0.261 e. The molecule has 0 bridgehead atoms. The monoisotopic (exact) mass is 276 g/mol. The lowest BCUT2D eigenvalue weighted by Crippen LogP contribution is -2.26. The van der Waals surface area contributed by atoms with Gasteiger partial charge in [-0.25, -0.2) is 4.39 Å². The molecule has 1 aromatic carbocycles. The zero-order valence-corrected chi connectivity index (χ0v) is 11.4. The zero-order valence-electron chi connectivity index (χ0n) is 11.4. The second-order valence-electron chi connectivity index (χ2n) is 4.03. The lowest BCUT2D eigenvalue weighted by atomic mass is 10.1. The van der Waals surface area contributed by atoms with E-state index < -0.39 is 11.7 Å². The highest BCUT2D eigenvalue weighted by Gasteiger charge is 2.08. The van der Waals surface area contributed by atoms with E-state index in [4.69, 9.17) is 10.00 Å². The van der Waals surface area contributed by atoms with Crippen molar-refractivity contribution in [3.8, 4) is 6.07 Å². The van der Waals surface area contributed by atoms with Crippen LogP contribution in [0.4, 0.5) is 4.39 Å². The number of carbonyl (C=O) groups excluding carboxylic acids is 1. The predicted molar refractivity (Wildman–Crippen MR) is 74.1 cm³/mol. The summed E-state index contributed by atoms with van der Waals surface area (Å²) in [6.45, 7) is 3.53. The molecule has 106 valence electrons. The maximum atomic E-state index is 13.0. The number of nitrogens with zero attached hydrogens (tertiary/aromatic N) is 1. The molecule has 0 saturated carbocycles. The molecule has 0 atom stereocenters. The lowest BCUT2D eigenvalue weighted by Gasteiger charge is -2.04. The molecule has 0 saturated heterocycles. The molecular formula is C15H17FN2O2. The summed E-state index contributed by atoms with van der Waals surface area (Å²) in [5.74, 6) is -0.874. The Morgan fingerprint density at radius 2 is 2.35 bits per heavy atom. The molecule has 4 nitrogen and oxygen atoms in total. The van der Waals surface area contributed by atoms with Gasteiger partial charge in [-0.3, -0.25) is 4.79 Å². The summed E-state index contributed by atoms with van der Waals surface area (Å²) in [4.78, 5) is 11.8. The van der Waals surface area contributed by atoms with Gasteiger partial charge in [-0.1, -0.05) is 12.1 Å². The second-order valence-corrected chi connectivity index (χ2v) is 4.03. The van der Waals surface area contributed by atoms with Crippen LogP contribution in [0.25, 0.3) is 6.08 Å². The van der Waals surface area contributed by atoms with Gasteiger partial charge >= 0.3 is 0 Å². The van der Waals surface area contributed by atoms with E-state index in [1.807, 2.05) is 13.0 Å². The second kappa shape index (κ2) is 8.83. The first kappa shape index (κ1) is 15.9. The highest BCUT2D eigenvalue weighted by molar-refractivity contribution is 6.01. The molecule has 0 aliphatic carbocycles. The number of benzene rings is 1.